The molecule has 110 valence electrons. The van der Waals surface area contributed by atoms with E-state index < -0.39 is 0 Å². The molecule has 0 bridgehead atoms. The first-order valence-electron chi connectivity index (χ1n) is 8.32. The SMILES string of the molecule is CCCC1(N)CN(C2CCOC3(CCCCC3)C2)C1. The minimum absolute atomic E-state index is 0.118. The van der Waals surface area contributed by atoms with Gasteiger partial charge in [0.1, 0.15) is 0 Å². The summed E-state index contributed by atoms with van der Waals surface area (Å²) in [5.41, 5.74) is 6.76. The van der Waals surface area contributed by atoms with Gasteiger partial charge in [-0.1, -0.05) is 32.6 Å². The van der Waals surface area contributed by atoms with Gasteiger partial charge in [0.2, 0.25) is 0 Å². The first kappa shape index (κ1) is 13.8. The van der Waals surface area contributed by atoms with Gasteiger partial charge >= 0.3 is 0 Å². The van der Waals surface area contributed by atoms with Gasteiger partial charge in [0.05, 0.1) is 5.60 Å². The highest BCUT2D eigenvalue weighted by molar-refractivity contribution is 5.04. The van der Waals surface area contributed by atoms with Crippen LogP contribution in [-0.2, 0) is 4.74 Å². The molecule has 3 rings (SSSR count). The van der Waals surface area contributed by atoms with Crippen LogP contribution in [-0.4, -0.2) is 41.8 Å². The first-order chi connectivity index (χ1) is 9.15. The van der Waals surface area contributed by atoms with Crippen LogP contribution in [0.1, 0.15) is 64.7 Å². The van der Waals surface area contributed by atoms with Crippen LogP contribution in [0.5, 0.6) is 0 Å². The second kappa shape index (κ2) is 5.34. The van der Waals surface area contributed by atoms with Gasteiger partial charge in [0, 0.05) is 31.3 Å². The van der Waals surface area contributed by atoms with Crippen LogP contribution in [0.2, 0.25) is 0 Å². The van der Waals surface area contributed by atoms with Gasteiger partial charge in [-0.2, -0.15) is 0 Å². The molecule has 3 heteroatoms. The van der Waals surface area contributed by atoms with E-state index in [-0.39, 0.29) is 11.1 Å². The van der Waals surface area contributed by atoms with Gasteiger partial charge in [-0.25, -0.2) is 0 Å². The maximum atomic E-state index is 6.41. The van der Waals surface area contributed by atoms with Crippen LogP contribution < -0.4 is 5.73 Å². The molecule has 2 N–H and O–H groups in total. The quantitative estimate of drug-likeness (QED) is 0.853. The summed E-state index contributed by atoms with van der Waals surface area (Å²) in [4.78, 5) is 2.63. The van der Waals surface area contributed by atoms with Crippen LogP contribution in [0, 0.1) is 0 Å². The summed E-state index contributed by atoms with van der Waals surface area (Å²) in [6.07, 6.45) is 11.6. The fraction of sp³-hybridized carbons (Fsp3) is 1.00. The molecule has 0 aromatic carbocycles. The number of hydrogen-bond acceptors (Lipinski definition) is 3. The molecule has 0 aromatic rings. The summed E-state index contributed by atoms with van der Waals surface area (Å²) in [7, 11) is 0. The van der Waals surface area contributed by atoms with E-state index in [9.17, 15) is 0 Å². The molecule has 0 radical (unpaired) electrons. The number of nitrogens with zero attached hydrogens (tertiary/aromatic N) is 1. The number of likely N-dealkylation sites (tertiary alicyclic amines) is 1. The molecule has 1 atom stereocenters. The molecule has 3 nitrogen and oxygen atoms in total. The average Bonchev–Trinajstić information content (AvgIpc) is 2.37. The summed E-state index contributed by atoms with van der Waals surface area (Å²) < 4.78 is 6.20. The molecular formula is C16H30N2O. The van der Waals surface area contributed by atoms with Crippen LogP contribution in [0.25, 0.3) is 0 Å². The lowest BCUT2D eigenvalue weighted by Crippen LogP contribution is -2.70. The normalized spacial score (nSPS) is 34.1. The van der Waals surface area contributed by atoms with Gasteiger partial charge in [-0.15, -0.1) is 0 Å². The van der Waals surface area contributed by atoms with Crippen LogP contribution in [0.4, 0.5) is 0 Å². The van der Waals surface area contributed by atoms with Crippen LogP contribution in [0.15, 0.2) is 0 Å². The van der Waals surface area contributed by atoms with Crippen molar-refractivity contribution in [1.29, 1.82) is 0 Å². The van der Waals surface area contributed by atoms with Crippen molar-refractivity contribution >= 4 is 0 Å². The molecular weight excluding hydrogens is 236 g/mol. The third-order valence-electron chi connectivity index (χ3n) is 5.53. The van der Waals surface area contributed by atoms with Crippen molar-refractivity contribution in [3.8, 4) is 0 Å². The topological polar surface area (TPSA) is 38.5 Å². The van der Waals surface area contributed by atoms with E-state index in [2.05, 4.69) is 11.8 Å². The largest absolute Gasteiger partial charge is 0.375 e. The Bertz CT molecular complexity index is 300. The third-order valence-corrected chi connectivity index (χ3v) is 5.53. The Balaban J connectivity index is 1.55. The molecule has 2 aliphatic heterocycles. The molecule has 2 heterocycles. The summed E-state index contributed by atoms with van der Waals surface area (Å²) in [5.74, 6) is 0. The number of ether oxygens (including phenoxy) is 1. The minimum Gasteiger partial charge on any atom is -0.375 e. The Kier molecular flexibility index (Phi) is 3.89. The van der Waals surface area contributed by atoms with E-state index in [1.54, 1.807) is 0 Å². The van der Waals surface area contributed by atoms with E-state index in [1.165, 1.54) is 57.8 Å². The monoisotopic (exact) mass is 266 g/mol. The zero-order chi connectivity index (χ0) is 13.3. The molecule has 1 aliphatic carbocycles. The highest BCUT2D eigenvalue weighted by atomic mass is 16.5. The van der Waals surface area contributed by atoms with Gasteiger partial charge in [0.15, 0.2) is 0 Å². The second-order valence-corrected chi connectivity index (χ2v) is 7.26. The number of nitrogens with two attached hydrogens (primary N) is 1. The predicted octanol–water partition coefficient (Wildman–Crippen LogP) is 2.68. The lowest BCUT2D eigenvalue weighted by Gasteiger charge is -2.55. The number of rotatable bonds is 3. The highest BCUT2D eigenvalue weighted by Crippen LogP contribution is 2.41. The summed E-state index contributed by atoms with van der Waals surface area (Å²) >= 11 is 0. The second-order valence-electron chi connectivity index (χ2n) is 7.26. The zero-order valence-electron chi connectivity index (χ0n) is 12.5. The van der Waals surface area contributed by atoms with Crippen LogP contribution >= 0.6 is 0 Å². The van der Waals surface area contributed by atoms with E-state index in [0.717, 1.165) is 25.7 Å². The van der Waals surface area contributed by atoms with Gasteiger partial charge in [0.25, 0.3) is 0 Å². The molecule has 0 aromatic heterocycles. The standard InChI is InChI=1S/C16H30N2O/c1-2-7-15(17)12-18(13-15)14-6-10-19-16(11-14)8-4-3-5-9-16/h14H,2-13,17H2,1H3. The molecule has 3 fully saturated rings. The highest BCUT2D eigenvalue weighted by Gasteiger charge is 2.46. The lowest BCUT2D eigenvalue weighted by atomic mass is 9.76. The average molecular weight is 266 g/mol. The van der Waals surface area contributed by atoms with Crippen molar-refractivity contribution in [2.75, 3.05) is 19.7 Å². The van der Waals surface area contributed by atoms with Gasteiger partial charge in [-0.05, 0) is 32.1 Å². The fourth-order valence-electron chi connectivity index (χ4n) is 4.53. The van der Waals surface area contributed by atoms with Crippen molar-refractivity contribution in [2.45, 2.75) is 81.9 Å². The Labute approximate surface area is 117 Å². The van der Waals surface area contributed by atoms with E-state index in [1.807, 2.05) is 0 Å². The van der Waals surface area contributed by atoms with Gasteiger partial charge in [-0.3, -0.25) is 4.90 Å². The van der Waals surface area contributed by atoms with Gasteiger partial charge < -0.3 is 10.5 Å². The lowest BCUT2D eigenvalue weighted by molar-refractivity contribution is -0.138. The van der Waals surface area contributed by atoms with E-state index in [0.29, 0.717) is 0 Å². The molecule has 0 amide bonds. The van der Waals surface area contributed by atoms with Crippen molar-refractivity contribution in [3.05, 3.63) is 0 Å². The molecule has 1 saturated carbocycles. The van der Waals surface area contributed by atoms with Crippen molar-refractivity contribution in [2.24, 2.45) is 5.73 Å². The van der Waals surface area contributed by atoms with Crippen LogP contribution in [0.3, 0.4) is 0 Å². The maximum Gasteiger partial charge on any atom is 0.0697 e. The Morgan fingerprint density at radius 1 is 1.21 bits per heavy atom. The third kappa shape index (κ3) is 2.84. The Hall–Kier alpha value is -0.120. The van der Waals surface area contributed by atoms with E-state index in [4.69, 9.17) is 10.5 Å². The zero-order valence-corrected chi connectivity index (χ0v) is 12.5. The molecule has 2 saturated heterocycles. The predicted molar refractivity (Wildman–Crippen MR) is 78.2 cm³/mol. The van der Waals surface area contributed by atoms with Crippen molar-refractivity contribution < 1.29 is 4.74 Å². The molecule has 3 aliphatic rings. The maximum absolute atomic E-state index is 6.41. The van der Waals surface area contributed by atoms with E-state index >= 15 is 0 Å². The summed E-state index contributed by atoms with van der Waals surface area (Å²) in [6, 6.07) is 0.736. The molecule has 1 spiro atoms. The Morgan fingerprint density at radius 3 is 2.63 bits per heavy atom. The first-order valence-corrected chi connectivity index (χ1v) is 8.32. The van der Waals surface area contributed by atoms with Crippen molar-refractivity contribution in [3.63, 3.8) is 0 Å². The molecule has 1 unspecified atom stereocenters. The summed E-state index contributed by atoms with van der Waals surface area (Å²) in [5, 5.41) is 0. The molecule has 19 heavy (non-hydrogen) atoms. The Morgan fingerprint density at radius 2 is 1.95 bits per heavy atom. The fourth-order valence-corrected chi connectivity index (χ4v) is 4.53. The smallest absolute Gasteiger partial charge is 0.0697 e. The minimum atomic E-state index is 0.118. The number of hydrogen-bond donors (Lipinski definition) is 1. The summed E-state index contributed by atoms with van der Waals surface area (Å²) in [6.45, 7) is 5.43. The van der Waals surface area contributed by atoms with Crippen molar-refractivity contribution in [1.82, 2.24) is 4.90 Å².